The minimum absolute atomic E-state index is 0.0664. The van der Waals surface area contributed by atoms with E-state index in [0.29, 0.717) is 24.0 Å². The molecule has 1 aromatic rings. The van der Waals surface area contributed by atoms with Crippen molar-refractivity contribution in [2.75, 3.05) is 39.0 Å². The summed E-state index contributed by atoms with van der Waals surface area (Å²) in [6.45, 7) is 0.725. The molecule has 9 heteroatoms. The lowest BCUT2D eigenvalue weighted by Crippen LogP contribution is -2.38. The number of halogens is 1. The van der Waals surface area contributed by atoms with Crippen molar-refractivity contribution >= 4 is 37.7 Å². The number of likely N-dealkylation sites (N-methyl/N-ethyl adjacent to an activating group) is 1. The van der Waals surface area contributed by atoms with E-state index in [1.54, 1.807) is 19.0 Å². The third-order valence-electron chi connectivity index (χ3n) is 3.31. The number of carbonyl (C=O) groups excluding carboxylic acids is 1. The highest BCUT2D eigenvalue weighted by molar-refractivity contribution is 9.10. The number of sulfonamides is 1. The molecule has 1 amide bonds. The second-order valence-electron chi connectivity index (χ2n) is 4.76. The lowest BCUT2D eigenvalue weighted by molar-refractivity contribution is -0.129. The van der Waals surface area contributed by atoms with Gasteiger partial charge >= 0.3 is 0 Å². The van der Waals surface area contributed by atoms with Crippen LogP contribution in [0, 0.1) is 0 Å². The molecule has 0 aliphatic carbocycles. The smallest absolute Gasteiger partial charge is 0.247 e. The SMILES string of the molecule is CNc1ncc(Br)cc1S(=O)(=O)N1CCCN(C)C(=O)C1. The summed E-state index contributed by atoms with van der Waals surface area (Å²) < 4.78 is 27.3. The molecule has 1 aliphatic rings. The van der Waals surface area contributed by atoms with E-state index in [0.717, 1.165) is 0 Å². The van der Waals surface area contributed by atoms with Crippen molar-refractivity contribution in [3.63, 3.8) is 0 Å². The molecule has 0 unspecified atom stereocenters. The van der Waals surface area contributed by atoms with Crippen LogP contribution in [-0.4, -0.2) is 62.2 Å². The second kappa shape index (κ2) is 6.29. The molecule has 21 heavy (non-hydrogen) atoms. The van der Waals surface area contributed by atoms with Crippen molar-refractivity contribution in [1.29, 1.82) is 0 Å². The first-order valence-electron chi connectivity index (χ1n) is 6.43. The molecule has 1 saturated heterocycles. The summed E-state index contributed by atoms with van der Waals surface area (Å²) in [5.41, 5.74) is 0. The molecule has 0 aromatic carbocycles. The quantitative estimate of drug-likeness (QED) is 0.840. The first kappa shape index (κ1) is 16.2. The second-order valence-corrected chi connectivity index (χ2v) is 7.58. The van der Waals surface area contributed by atoms with E-state index >= 15 is 0 Å². The van der Waals surface area contributed by atoms with E-state index in [1.165, 1.54) is 16.6 Å². The molecule has 0 spiro atoms. The maximum atomic E-state index is 12.8. The molecule has 2 rings (SSSR count). The molecule has 1 aromatic heterocycles. The van der Waals surface area contributed by atoms with Crippen LogP contribution in [-0.2, 0) is 14.8 Å². The van der Waals surface area contributed by atoms with Crippen LogP contribution in [0.15, 0.2) is 21.6 Å². The third-order valence-corrected chi connectivity index (χ3v) is 5.60. The zero-order valence-corrected chi connectivity index (χ0v) is 14.2. The van der Waals surface area contributed by atoms with Gasteiger partial charge in [-0.05, 0) is 28.4 Å². The molecule has 1 fully saturated rings. The lowest BCUT2D eigenvalue weighted by atomic mass is 10.4. The van der Waals surface area contributed by atoms with Crippen LogP contribution in [0.4, 0.5) is 5.82 Å². The fourth-order valence-electron chi connectivity index (χ4n) is 2.11. The molecule has 1 aliphatic heterocycles. The minimum atomic E-state index is -3.78. The van der Waals surface area contributed by atoms with Gasteiger partial charge in [0.05, 0.1) is 6.54 Å². The van der Waals surface area contributed by atoms with Gasteiger partial charge in [-0.2, -0.15) is 4.31 Å². The van der Waals surface area contributed by atoms with Gasteiger partial charge in [-0.25, -0.2) is 13.4 Å². The average molecular weight is 377 g/mol. The highest BCUT2D eigenvalue weighted by Crippen LogP contribution is 2.26. The Hall–Kier alpha value is -1.19. The molecule has 0 bridgehead atoms. The Morgan fingerprint density at radius 2 is 2.10 bits per heavy atom. The third kappa shape index (κ3) is 3.35. The molecule has 7 nitrogen and oxygen atoms in total. The normalized spacial score (nSPS) is 17.7. The number of aromatic nitrogens is 1. The zero-order chi connectivity index (χ0) is 15.6. The summed E-state index contributed by atoms with van der Waals surface area (Å²) in [7, 11) is -0.490. The number of amides is 1. The van der Waals surface area contributed by atoms with Crippen LogP contribution in [0.25, 0.3) is 0 Å². The summed E-state index contributed by atoms with van der Waals surface area (Å²) in [5.74, 6) is 0.0632. The Morgan fingerprint density at radius 1 is 1.38 bits per heavy atom. The van der Waals surface area contributed by atoms with E-state index in [2.05, 4.69) is 26.2 Å². The van der Waals surface area contributed by atoms with Crippen LogP contribution in [0.2, 0.25) is 0 Å². The Morgan fingerprint density at radius 3 is 2.76 bits per heavy atom. The fourth-order valence-corrected chi connectivity index (χ4v) is 4.19. The van der Waals surface area contributed by atoms with Gasteiger partial charge in [-0.3, -0.25) is 4.79 Å². The van der Waals surface area contributed by atoms with Crippen LogP contribution in [0.3, 0.4) is 0 Å². The summed E-state index contributed by atoms with van der Waals surface area (Å²) in [4.78, 5) is 17.6. The van der Waals surface area contributed by atoms with Crippen LogP contribution >= 0.6 is 15.9 Å². The highest BCUT2D eigenvalue weighted by Gasteiger charge is 2.32. The number of rotatable bonds is 3. The van der Waals surface area contributed by atoms with E-state index in [-0.39, 0.29) is 23.2 Å². The number of nitrogens with zero attached hydrogens (tertiary/aromatic N) is 3. The van der Waals surface area contributed by atoms with Crippen LogP contribution in [0.5, 0.6) is 0 Å². The van der Waals surface area contributed by atoms with Gasteiger partial charge in [0.2, 0.25) is 15.9 Å². The molecule has 1 N–H and O–H groups in total. The van der Waals surface area contributed by atoms with Gasteiger partial charge in [0.1, 0.15) is 10.7 Å². The summed E-state index contributed by atoms with van der Waals surface area (Å²) in [5, 5.41) is 2.77. The van der Waals surface area contributed by atoms with Crippen LogP contribution in [0.1, 0.15) is 6.42 Å². The predicted molar refractivity (Wildman–Crippen MR) is 82.5 cm³/mol. The van der Waals surface area contributed by atoms with E-state index < -0.39 is 10.0 Å². The summed E-state index contributed by atoms with van der Waals surface area (Å²) in [6.07, 6.45) is 2.13. The van der Waals surface area contributed by atoms with E-state index in [1.807, 2.05) is 0 Å². The van der Waals surface area contributed by atoms with Crippen LogP contribution < -0.4 is 5.32 Å². The Labute approximate surface area is 132 Å². The number of nitrogens with one attached hydrogen (secondary N) is 1. The van der Waals surface area contributed by atoms with Crippen molar-refractivity contribution in [2.24, 2.45) is 0 Å². The van der Waals surface area contributed by atoms with Crippen molar-refractivity contribution < 1.29 is 13.2 Å². The standard InChI is InChI=1S/C12H17BrN4O3S/c1-14-12-10(6-9(13)7-15-12)21(19,20)17-5-3-4-16(2)11(18)8-17/h6-7H,3-5,8H2,1-2H3,(H,14,15). The monoisotopic (exact) mass is 376 g/mol. The Balaban J connectivity index is 2.42. The topological polar surface area (TPSA) is 82.6 Å². The molecule has 2 heterocycles. The largest absolute Gasteiger partial charge is 0.372 e. The maximum Gasteiger partial charge on any atom is 0.247 e. The maximum absolute atomic E-state index is 12.8. The van der Waals surface area contributed by atoms with Crippen molar-refractivity contribution in [3.05, 3.63) is 16.7 Å². The number of hydrogen-bond donors (Lipinski definition) is 1. The first-order valence-corrected chi connectivity index (χ1v) is 8.67. The van der Waals surface area contributed by atoms with E-state index in [4.69, 9.17) is 0 Å². The fraction of sp³-hybridized carbons (Fsp3) is 0.500. The Bertz CT molecular complexity index is 650. The van der Waals surface area contributed by atoms with Crippen molar-refractivity contribution in [1.82, 2.24) is 14.2 Å². The Kier molecular flexibility index (Phi) is 4.84. The van der Waals surface area contributed by atoms with Gasteiger partial charge in [0.25, 0.3) is 0 Å². The van der Waals surface area contributed by atoms with Gasteiger partial charge in [0.15, 0.2) is 0 Å². The zero-order valence-electron chi connectivity index (χ0n) is 11.8. The average Bonchev–Trinajstić information content (AvgIpc) is 2.61. The molecule has 0 atom stereocenters. The van der Waals surface area contributed by atoms with E-state index in [9.17, 15) is 13.2 Å². The molecular weight excluding hydrogens is 360 g/mol. The highest BCUT2D eigenvalue weighted by atomic mass is 79.9. The van der Waals surface area contributed by atoms with Crippen molar-refractivity contribution in [3.8, 4) is 0 Å². The number of carbonyl (C=O) groups is 1. The minimum Gasteiger partial charge on any atom is -0.372 e. The van der Waals surface area contributed by atoms with Gasteiger partial charge in [-0.15, -0.1) is 0 Å². The number of pyridine rings is 1. The lowest BCUT2D eigenvalue weighted by Gasteiger charge is -2.20. The predicted octanol–water partition coefficient (Wildman–Crippen LogP) is 0.739. The summed E-state index contributed by atoms with van der Waals surface area (Å²) >= 11 is 3.23. The number of hydrogen-bond acceptors (Lipinski definition) is 5. The van der Waals surface area contributed by atoms with Gasteiger partial charge in [0, 0.05) is 37.9 Å². The molecule has 0 saturated carbocycles. The molecule has 116 valence electrons. The number of anilines is 1. The first-order chi connectivity index (χ1) is 9.86. The molecular formula is C12H17BrN4O3S. The van der Waals surface area contributed by atoms with Gasteiger partial charge < -0.3 is 10.2 Å². The van der Waals surface area contributed by atoms with Crippen molar-refractivity contribution in [2.45, 2.75) is 11.3 Å². The van der Waals surface area contributed by atoms with Gasteiger partial charge in [-0.1, -0.05) is 0 Å². The molecule has 0 radical (unpaired) electrons. The summed E-state index contributed by atoms with van der Waals surface area (Å²) in [6, 6.07) is 1.49.